The first-order chi connectivity index (χ1) is 9.52. The SMILES string of the molecule is COC(=O)C1CCCCN1c1cc(C)cc([N+](=O)[O-])c1. The number of nitro benzene ring substituents is 1. The van der Waals surface area contributed by atoms with Gasteiger partial charge >= 0.3 is 5.97 Å². The molecule has 0 aliphatic carbocycles. The fourth-order valence-electron chi connectivity index (χ4n) is 2.64. The molecule has 6 heteroatoms. The predicted molar refractivity (Wildman–Crippen MR) is 74.8 cm³/mol. The highest BCUT2D eigenvalue weighted by Crippen LogP contribution is 2.29. The van der Waals surface area contributed by atoms with E-state index >= 15 is 0 Å². The van der Waals surface area contributed by atoms with Crippen LogP contribution in [0, 0.1) is 17.0 Å². The standard InChI is InChI=1S/C14H18N2O4/c1-10-7-11(9-12(8-10)16(18)19)15-6-4-3-5-13(15)14(17)20-2/h7-9,13H,3-6H2,1-2H3. The molecule has 2 rings (SSSR count). The van der Waals surface area contributed by atoms with Crippen LogP contribution >= 0.6 is 0 Å². The average Bonchev–Trinajstić information content (AvgIpc) is 2.45. The van der Waals surface area contributed by atoms with Gasteiger partial charge in [-0.2, -0.15) is 0 Å². The van der Waals surface area contributed by atoms with Crippen LogP contribution in [0.1, 0.15) is 24.8 Å². The molecule has 0 aromatic heterocycles. The molecule has 1 saturated heterocycles. The number of nitro groups is 1. The summed E-state index contributed by atoms with van der Waals surface area (Å²) in [6.07, 6.45) is 2.65. The van der Waals surface area contributed by atoms with Crippen LogP contribution in [-0.2, 0) is 9.53 Å². The van der Waals surface area contributed by atoms with Crippen LogP contribution in [0.5, 0.6) is 0 Å². The number of hydrogen-bond donors (Lipinski definition) is 0. The minimum Gasteiger partial charge on any atom is -0.467 e. The number of nitrogens with zero attached hydrogens (tertiary/aromatic N) is 2. The molecule has 0 spiro atoms. The number of piperidine rings is 1. The molecular formula is C14H18N2O4. The summed E-state index contributed by atoms with van der Waals surface area (Å²) in [6, 6.07) is 4.57. The lowest BCUT2D eigenvalue weighted by molar-refractivity contribution is -0.384. The molecule has 1 heterocycles. The summed E-state index contributed by atoms with van der Waals surface area (Å²) >= 11 is 0. The van der Waals surface area contributed by atoms with E-state index in [1.165, 1.54) is 19.2 Å². The van der Waals surface area contributed by atoms with Gasteiger partial charge in [0.05, 0.1) is 12.0 Å². The third-order valence-electron chi connectivity index (χ3n) is 3.57. The third-order valence-corrected chi connectivity index (χ3v) is 3.57. The number of non-ortho nitro benzene ring substituents is 1. The molecule has 1 fully saturated rings. The summed E-state index contributed by atoms with van der Waals surface area (Å²) in [7, 11) is 1.37. The summed E-state index contributed by atoms with van der Waals surface area (Å²) in [6.45, 7) is 2.52. The zero-order valence-corrected chi connectivity index (χ0v) is 11.7. The Balaban J connectivity index is 2.37. The monoisotopic (exact) mass is 278 g/mol. The molecule has 1 atom stereocenters. The molecule has 20 heavy (non-hydrogen) atoms. The lowest BCUT2D eigenvalue weighted by Crippen LogP contribution is -2.45. The molecule has 0 bridgehead atoms. The molecule has 0 N–H and O–H groups in total. The van der Waals surface area contributed by atoms with Crippen LogP contribution < -0.4 is 4.90 Å². The summed E-state index contributed by atoms with van der Waals surface area (Å²) in [5.74, 6) is -0.283. The van der Waals surface area contributed by atoms with E-state index in [2.05, 4.69) is 0 Å². The second-order valence-corrected chi connectivity index (χ2v) is 5.01. The maximum atomic E-state index is 11.9. The van der Waals surface area contributed by atoms with Crippen molar-refractivity contribution in [2.75, 3.05) is 18.6 Å². The first kappa shape index (κ1) is 14.3. The Kier molecular flexibility index (Phi) is 4.22. The minimum atomic E-state index is -0.409. The van der Waals surface area contributed by atoms with Crippen LogP contribution in [0.2, 0.25) is 0 Å². The van der Waals surface area contributed by atoms with E-state index in [4.69, 9.17) is 4.74 Å². The van der Waals surface area contributed by atoms with Gasteiger partial charge in [0.1, 0.15) is 6.04 Å². The van der Waals surface area contributed by atoms with Gasteiger partial charge in [0.25, 0.3) is 5.69 Å². The number of aryl methyl sites for hydroxylation is 1. The first-order valence-electron chi connectivity index (χ1n) is 6.63. The molecule has 1 aliphatic rings. The summed E-state index contributed by atoms with van der Waals surface area (Å²) in [5.41, 5.74) is 1.57. The van der Waals surface area contributed by atoms with Crippen molar-refractivity contribution in [3.63, 3.8) is 0 Å². The van der Waals surface area contributed by atoms with Crippen molar-refractivity contribution in [1.82, 2.24) is 0 Å². The van der Waals surface area contributed by atoms with Gasteiger partial charge in [0.15, 0.2) is 0 Å². The van der Waals surface area contributed by atoms with Gasteiger partial charge in [-0.1, -0.05) is 0 Å². The molecule has 1 aromatic carbocycles. The second-order valence-electron chi connectivity index (χ2n) is 5.01. The zero-order valence-electron chi connectivity index (χ0n) is 11.7. The van der Waals surface area contributed by atoms with Crippen LogP contribution in [0.4, 0.5) is 11.4 Å². The molecule has 0 radical (unpaired) electrons. The fraction of sp³-hybridized carbons (Fsp3) is 0.500. The van der Waals surface area contributed by atoms with Crippen molar-refractivity contribution in [2.24, 2.45) is 0 Å². The van der Waals surface area contributed by atoms with Gasteiger partial charge < -0.3 is 9.64 Å². The Hall–Kier alpha value is -2.11. The Morgan fingerprint density at radius 1 is 1.40 bits per heavy atom. The van der Waals surface area contributed by atoms with Gasteiger partial charge in [-0.15, -0.1) is 0 Å². The quantitative estimate of drug-likeness (QED) is 0.482. The lowest BCUT2D eigenvalue weighted by atomic mass is 10.0. The molecule has 1 aliphatic heterocycles. The first-order valence-corrected chi connectivity index (χ1v) is 6.63. The zero-order chi connectivity index (χ0) is 14.7. The highest BCUT2D eigenvalue weighted by molar-refractivity contribution is 5.80. The molecule has 1 aromatic rings. The average molecular weight is 278 g/mol. The van der Waals surface area contributed by atoms with E-state index in [9.17, 15) is 14.9 Å². The number of benzene rings is 1. The topological polar surface area (TPSA) is 72.7 Å². The molecule has 6 nitrogen and oxygen atoms in total. The largest absolute Gasteiger partial charge is 0.467 e. The van der Waals surface area contributed by atoms with Crippen molar-refractivity contribution in [2.45, 2.75) is 32.2 Å². The molecular weight excluding hydrogens is 260 g/mol. The highest BCUT2D eigenvalue weighted by Gasteiger charge is 2.30. The molecule has 108 valence electrons. The van der Waals surface area contributed by atoms with Crippen molar-refractivity contribution in [3.8, 4) is 0 Å². The summed E-state index contributed by atoms with van der Waals surface area (Å²) in [4.78, 5) is 24.3. The number of rotatable bonds is 3. The number of methoxy groups -OCH3 is 1. The summed E-state index contributed by atoms with van der Waals surface area (Å²) < 4.78 is 4.83. The predicted octanol–water partition coefficient (Wildman–Crippen LogP) is 2.44. The normalized spacial score (nSPS) is 18.7. The maximum Gasteiger partial charge on any atom is 0.328 e. The Morgan fingerprint density at radius 2 is 2.15 bits per heavy atom. The number of hydrogen-bond acceptors (Lipinski definition) is 5. The van der Waals surface area contributed by atoms with Crippen LogP contribution in [0.3, 0.4) is 0 Å². The van der Waals surface area contributed by atoms with Gasteiger partial charge in [0, 0.05) is 24.4 Å². The lowest BCUT2D eigenvalue weighted by Gasteiger charge is -2.35. The van der Waals surface area contributed by atoms with Gasteiger partial charge in [-0.25, -0.2) is 4.79 Å². The Bertz CT molecular complexity index is 530. The van der Waals surface area contributed by atoms with Crippen molar-refractivity contribution in [1.29, 1.82) is 0 Å². The van der Waals surface area contributed by atoms with Crippen molar-refractivity contribution in [3.05, 3.63) is 33.9 Å². The molecule has 0 saturated carbocycles. The number of carbonyl (C=O) groups is 1. The second kappa shape index (κ2) is 5.90. The minimum absolute atomic E-state index is 0.0502. The van der Waals surface area contributed by atoms with Crippen LogP contribution in [0.15, 0.2) is 18.2 Å². The van der Waals surface area contributed by atoms with Crippen LogP contribution in [-0.4, -0.2) is 30.6 Å². The number of carbonyl (C=O) groups excluding carboxylic acids is 1. The fourth-order valence-corrected chi connectivity index (χ4v) is 2.64. The van der Waals surface area contributed by atoms with E-state index in [-0.39, 0.29) is 17.7 Å². The highest BCUT2D eigenvalue weighted by atomic mass is 16.6. The third kappa shape index (κ3) is 2.89. The van der Waals surface area contributed by atoms with Crippen molar-refractivity contribution < 1.29 is 14.5 Å². The van der Waals surface area contributed by atoms with E-state index in [0.717, 1.165) is 18.4 Å². The number of ether oxygens (including phenoxy) is 1. The van der Waals surface area contributed by atoms with Gasteiger partial charge in [0.2, 0.25) is 0 Å². The van der Waals surface area contributed by atoms with Gasteiger partial charge in [-0.05, 0) is 37.8 Å². The van der Waals surface area contributed by atoms with Crippen molar-refractivity contribution >= 4 is 17.3 Å². The van der Waals surface area contributed by atoms with Crippen LogP contribution in [0.25, 0.3) is 0 Å². The Labute approximate surface area is 117 Å². The number of anilines is 1. The summed E-state index contributed by atoms with van der Waals surface area (Å²) in [5, 5.41) is 11.0. The van der Waals surface area contributed by atoms with E-state index in [1.54, 1.807) is 0 Å². The Morgan fingerprint density at radius 3 is 2.80 bits per heavy atom. The van der Waals surface area contributed by atoms with E-state index in [1.807, 2.05) is 17.9 Å². The van der Waals surface area contributed by atoms with E-state index < -0.39 is 4.92 Å². The molecule has 0 amide bonds. The van der Waals surface area contributed by atoms with E-state index in [0.29, 0.717) is 18.7 Å². The maximum absolute atomic E-state index is 11.9. The number of esters is 1. The van der Waals surface area contributed by atoms with Gasteiger partial charge in [-0.3, -0.25) is 10.1 Å². The molecule has 1 unspecified atom stereocenters. The smallest absolute Gasteiger partial charge is 0.328 e.